The number of hydrogen-bond donors (Lipinski definition) is 0. The molecule has 0 rings (SSSR count). The quantitative estimate of drug-likeness (QED) is 0.403. The van der Waals surface area contributed by atoms with Gasteiger partial charge in [-0.05, 0) is 46.0 Å². The Morgan fingerprint density at radius 2 is 1.92 bits per heavy atom. The molecule has 0 aromatic heterocycles. The van der Waals surface area contributed by atoms with Crippen molar-refractivity contribution in [3.05, 3.63) is 23.8 Å². The summed E-state index contributed by atoms with van der Waals surface area (Å²) in [5.41, 5.74) is 1.52. The lowest BCUT2D eigenvalue weighted by molar-refractivity contribution is 0.740. The summed E-state index contributed by atoms with van der Waals surface area (Å²) in [6.45, 7) is 6.51. The van der Waals surface area contributed by atoms with Gasteiger partial charge in [0.25, 0.3) is 0 Å². The Balaban J connectivity index is 3.16. The minimum Gasteiger partial charge on any atom is -0.0888 e. The summed E-state index contributed by atoms with van der Waals surface area (Å²) in [5.74, 6) is 0. The van der Waals surface area contributed by atoms with E-state index in [2.05, 4.69) is 39.0 Å². The van der Waals surface area contributed by atoms with Crippen LogP contribution >= 0.6 is 0 Å². The summed E-state index contributed by atoms with van der Waals surface area (Å²) < 4.78 is 0. The number of unbranched alkanes of at least 4 members (excludes halogenated alkanes) is 2. The van der Waals surface area contributed by atoms with Crippen molar-refractivity contribution in [1.82, 2.24) is 0 Å². The van der Waals surface area contributed by atoms with Gasteiger partial charge in [-0.25, -0.2) is 0 Å². The van der Waals surface area contributed by atoms with Gasteiger partial charge in [0.15, 0.2) is 0 Å². The Morgan fingerprint density at radius 1 is 1.17 bits per heavy atom. The van der Waals surface area contributed by atoms with Crippen LogP contribution < -0.4 is 0 Å². The molecule has 0 amide bonds. The lowest BCUT2D eigenvalue weighted by atomic mass is 10.1. The van der Waals surface area contributed by atoms with Gasteiger partial charge in [-0.2, -0.15) is 0 Å². The largest absolute Gasteiger partial charge is 0.0888 e. The maximum atomic E-state index is 2.30. The van der Waals surface area contributed by atoms with Crippen molar-refractivity contribution < 1.29 is 0 Å². The average molecular weight is 166 g/mol. The smallest absolute Gasteiger partial charge is 0.0323 e. The van der Waals surface area contributed by atoms with Crippen LogP contribution in [0.5, 0.6) is 0 Å². The molecule has 0 heteroatoms. The van der Waals surface area contributed by atoms with Crippen LogP contribution in [0.2, 0.25) is 0 Å². The van der Waals surface area contributed by atoms with Crippen LogP contribution in [0.15, 0.2) is 23.8 Å². The first-order valence-corrected chi connectivity index (χ1v) is 5.08. The van der Waals surface area contributed by atoms with E-state index in [1.165, 1.54) is 37.7 Å². The molecule has 0 fully saturated rings. The Kier molecular flexibility index (Phi) is 8.20. The third kappa shape index (κ3) is 7.59. The number of rotatable bonds is 6. The van der Waals surface area contributed by atoms with Crippen molar-refractivity contribution in [3.63, 3.8) is 0 Å². The molecular weight excluding hydrogens is 144 g/mol. The Morgan fingerprint density at radius 3 is 2.50 bits per heavy atom. The summed E-state index contributed by atoms with van der Waals surface area (Å²) in [7, 11) is 0. The second-order valence-electron chi connectivity index (χ2n) is 3.26. The zero-order valence-corrected chi connectivity index (χ0v) is 8.77. The molecule has 0 nitrogen and oxygen atoms in total. The Hall–Kier alpha value is -0.520. The van der Waals surface area contributed by atoms with Crippen molar-refractivity contribution in [2.24, 2.45) is 0 Å². The molecule has 0 aromatic rings. The predicted molar refractivity (Wildman–Crippen MR) is 57.3 cm³/mol. The first-order valence-electron chi connectivity index (χ1n) is 5.08. The van der Waals surface area contributed by atoms with Gasteiger partial charge < -0.3 is 0 Å². The van der Waals surface area contributed by atoms with Crippen molar-refractivity contribution in [2.45, 2.75) is 52.9 Å². The highest BCUT2D eigenvalue weighted by Crippen LogP contribution is 2.08. The van der Waals surface area contributed by atoms with Gasteiger partial charge in [-0.3, -0.25) is 0 Å². The Labute approximate surface area is 77.4 Å². The minimum absolute atomic E-state index is 1.17. The molecule has 0 unspecified atom stereocenters. The lowest BCUT2D eigenvalue weighted by Gasteiger charge is -1.97. The summed E-state index contributed by atoms with van der Waals surface area (Å²) in [6.07, 6.45) is 13.1. The first-order chi connectivity index (χ1) is 5.81. The zero-order valence-electron chi connectivity index (χ0n) is 8.77. The van der Waals surface area contributed by atoms with Crippen LogP contribution in [0.25, 0.3) is 0 Å². The van der Waals surface area contributed by atoms with Crippen molar-refractivity contribution >= 4 is 0 Å². The molecule has 0 N–H and O–H groups in total. The maximum absolute atomic E-state index is 2.30. The topological polar surface area (TPSA) is 0 Å². The molecule has 0 aromatic carbocycles. The molecule has 0 bridgehead atoms. The van der Waals surface area contributed by atoms with Gasteiger partial charge >= 0.3 is 0 Å². The fourth-order valence-electron chi connectivity index (χ4n) is 1.09. The molecule has 0 radical (unpaired) electrons. The van der Waals surface area contributed by atoms with Crippen LogP contribution in [-0.2, 0) is 0 Å². The lowest BCUT2D eigenvalue weighted by Crippen LogP contribution is -1.77. The van der Waals surface area contributed by atoms with E-state index >= 15 is 0 Å². The van der Waals surface area contributed by atoms with Gasteiger partial charge in [0.2, 0.25) is 0 Å². The molecular formula is C12H22. The van der Waals surface area contributed by atoms with E-state index in [9.17, 15) is 0 Å². The molecule has 12 heavy (non-hydrogen) atoms. The second-order valence-corrected chi connectivity index (χ2v) is 3.26. The molecule has 0 aliphatic rings. The predicted octanol–water partition coefficient (Wildman–Crippen LogP) is 4.48. The van der Waals surface area contributed by atoms with Crippen molar-refractivity contribution in [3.8, 4) is 0 Å². The standard InChI is InChI=1S/C12H22/c1-4-6-7-8-9-10-11-12(3)5-2/h5-7H,4,8-11H2,1-3H3. The van der Waals surface area contributed by atoms with E-state index in [1.807, 2.05) is 0 Å². The van der Waals surface area contributed by atoms with E-state index in [-0.39, 0.29) is 0 Å². The number of hydrogen-bond acceptors (Lipinski definition) is 0. The van der Waals surface area contributed by atoms with Gasteiger partial charge in [-0.15, -0.1) is 0 Å². The fourth-order valence-corrected chi connectivity index (χ4v) is 1.09. The molecule has 0 atom stereocenters. The van der Waals surface area contributed by atoms with E-state index in [1.54, 1.807) is 0 Å². The SMILES string of the molecule is CC=C(C)CCCCC=CCC. The molecule has 0 saturated heterocycles. The van der Waals surface area contributed by atoms with Gasteiger partial charge in [0.05, 0.1) is 0 Å². The molecule has 0 saturated carbocycles. The van der Waals surface area contributed by atoms with Crippen molar-refractivity contribution in [1.29, 1.82) is 0 Å². The number of allylic oxidation sites excluding steroid dienone is 4. The minimum atomic E-state index is 1.17. The summed E-state index contributed by atoms with van der Waals surface area (Å²) in [6, 6.07) is 0. The monoisotopic (exact) mass is 166 g/mol. The third-order valence-electron chi connectivity index (χ3n) is 2.09. The third-order valence-corrected chi connectivity index (χ3v) is 2.09. The molecule has 0 aliphatic heterocycles. The van der Waals surface area contributed by atoms with Crippen LogP contribution in [0.1, 0.15) is 52.9 Å². The van der Waals surface area contributed by atoms with Crippen LogP contribution in [-0.4, -0.2) is 0 Å². The molecule has 70 valence electrons. The summed E-state index contributed by atoms with van der Waals surface area (Å²) in [5, 5.41) is 0. The highest BCUT2D eigenvalue weighted by Gasteiger charge is 1.88. The van der Waals surface area contributed by atoms with E-state index in [0.717, 1.165) is 0 Å². The highest BCUT2D eigenvalue weighted by atomic mass is 13.9. The molecule has 0 spiro atoms. The normalized spacial score (nSPS) is 12.8. The van der Waals surface area contributed by atoms with Gasteiger partial charge in [0.1, 0.15) is 0 Å². The van der Waals surface area contributed by atoms with Crippen LogP contribution in [0, 0.1) is 0 Å². The van der Waals surface area contributed by atoms with Crippen LogP contribution in [0.3, 0.4) is 0 Å². The zero-order chi connectivity index (χ0) is 9.23. The van der Waals surface area contributed by atoms with Crippen molar-refractivity contribution in [2.75, 3.05) is 0 Å². The summed E-state index contributed by atoms with van der Waals surface area (Å²) in [4.78, 5) is 0. The fraction of sp³-hybridized carbons (Fsp3) is 0.667. The Bertz CT molecular complexity index is 140. The summed E-state index contributed by atoms with van der Waals surface area (Å²) >= 11 is 0. The van der Waals surface area contributed by atoms with Gasteiger partial charge in [-0.1, -0.05) is 30.7 Å². The molecule has 0 heterocycles. The first kappa shape index (κ1) is 11.5. The van der Waals surface area contributed by atoms with Crippen LogP contribution in [0.4, 0.5) is 0 Å². The second kappa shape index (κ2) is 8.58. The van der Waals surface area contributed by atoms with E-state index in [0.29, 0.717) is 0 Å². The van der Waals surface area contributed by atoms with Gasteiger partial charge in [0, 0.05) is 0 Å². The average Bonchev–Trinajstić information content (AvgIpc) is 2.10. The van der Waals surface area contributed by atoms with E-state index < -0.39 is 0 Å². The molecule has 0 aliphatic carbocycles. The highest BCUT2D eigenvalue weighted by molar-refractivity contribution is 4.95. The maximum Gasteiger partial charge on any atom is -0.0323 e. The van der Waals surface area contributed by atoms with E-state index in [4.69, 9.17) is 0 Å².